The number of nitrogens with zero attached hydrogens (tertiary/aromatic N) is 1. The zero-order valence-electron chi connectivity index (χ0n) is 14.2. The summed E-state index contributed by atoms with van der Waals surface area (Å²) in [5, 5.41) is 6.34. The van der Waals surface area contributed by atoms with Gasteiger partial charge in [-0.1, -0.05) is 25.7 Å². The Hall–Kier alpha value is -0.320. The van der Waals surface area contributed by atoms with Crippen LogP contribution in [0.2, 0.25) is 0 Å². The smallest absolute Gasteiger partial charge is 0.220 e. The van der Waals surface area contributed by atoms with Crippen molar-refractivity contribution in [1.82, 2.24) is 15.5 Å². The first-order valence-corrected chi connectivity index (χ1v) is 8.93. The molecule has 2 aliphatic rings. The number of amides is 1. The highest BCUT2D eigenvalue weighted by Gasteiger charge is 2.38. The van der Waals surface area contributed by atoms with Crippen molar-refractivity contribution in [2.24, 2.45) is 0 Å². The van der Waals surface area contributed by atoms with Crippen LogP contribution in [0.4, 0.5) is 0 Å². The van der Waals surface area contributed by atoms with Crippen LogP contribution in [0.3, 0.4) is 0 Å². The number of carbonyl (C=O) groups excluding carboxylic acids is 1. The molecular weight excluding hydrogens is 298 g/mol. The van der Waals surface area contributed by atoms with Crippen LogP contribution in [0, 0.1) is 0 Å². The zero-order valence-corrected chi connectivity index (χ0v) is 15.0. The molecule has 0 spiro atoms. The second-order valence-electron chi connectivity index (χ2n) is 6.82. The van der Waals surface area contributed by atoms with Crippen LogP contribution in [0.25, 0.3) is 0 Å². The van der Waals surface area contributed by atoms with E-state index in [2.05, 4.69) is 15.5 Å². The molecule has 0 aromatic heterocycles. The summed E-state index contributed by atoms with van der Waals surface area (Å²) in [6.45, 7) is 4.25. The fraction of sp³-hybridized carbons (Fsp3) is 0.941. The third kappa shape index (κ3) is 5.71. The van der Waals surface area contributed by atoms with Crippen molar-refractivity contribution >= 4 is 18.3 Å². The van der Waals surface area contributed by atoms with Crippen LogP contribution in [-0.2, 0) is 4.79 Å². The minimum Gasteiger partial charge on any atom is -0.354 e. The molecule has 0 bridgehead atoms. The fourth-order valence-electron chi connectivity index (χ4n) is 3.96. The van der Waals surface area contributed by atoms with Crippen LogP contribution in [-0.4, -0.2) is 49.6 Å². The molecule has 0 aromatic carbocycles. The van der Waals surface area contributed by atoms with Gasteiger partial charge in [0.1, 0.15) is 0 Å². The summed E-state index contributed by atoms with van der Waals surface area (Å²) in [4.78, 5) is 14.7. The highest BCUT2D eigenvalue weighted by Crippen LogP contribution is 2.35. The van der Waals surface area contributed by atoms with E-state index in [4.69, 9.17) is 0 Å². The van der Waals surface area contributed by atoms with Gasteiger partial charge in [-0.05, 0) is 58.8 Å². The highest BCUT2D eigenvalue weighted by atomic mass is 35.5. The number of nitrogens with one attached hydrogen (secondary N) is 2. The molecule has 1 aliphatic carbocycles. The molecule has 5 heteroatoms. The van der Waals surface area contributed by atoms with Crippen molar-refractivity contribution in [3.63, 3.8) is 0 Å². The van der Waals surface area contributed by atoms with E-state index in [0.717, 1.165) is 19.5 Å². The molecule has 0 aromatic rings. The largest absolute Gasteiger partial charge is 0.354 e. The molecule has 1 saturated carbocycles. The van der Waals surface area contributed by atoms with Gasteiger partial charge in [-0.25, -0.2) is 0 Å². The first-order valence-electron chi connectivity index (χ1n) is 8.93. The average Bonchev–Trinajstić information content (AvgIpc) is 2.55. The van der Waals surface area contributed by atoms with E-state index < -0.39 is 0 Å². The molecule has 130 valence electrons. The quantitative estimate of drug-likeness (QED) is 0.705. The molecule has 1 heterocycles. The molecule has 22 heavy (non-hydrogen) atoms. The summed E-state index contributed by atoms with van der Waals surface area (Å²) < 4.78 is 0. The van der Waals surface area contributed by atoms with Gasteiger partial charge in [0.05, 0.1) is 0 Å². The molecular formula is C17H34ClN3O. The number of likely N-dealkylation sites (tertiary alicyclic amines) is 1. The number of halogens is 1. The summed E-state index contributed by atoms with van der Waals surface area (Å²) >= 11 is 0. The lowest BCUT2D eigenvalue weighted by Gasteiger charge is -2.48. The second kappa shape index (κ2) is 10.5. The van der Waals surface area contributed by atoms with E-state index in [-0.39, 0.29) is 23.9 Å². The third-order valence-electron chi connectivity index (χ3n) is 5.26. The Morgan fingerprint density at radius 1 is 1.05 bits per heavy atom. The molecule has 2 fully saturated rings. The standard InChI is InChI=1S/C17H33N3O.ClH/c1-18-12-8-9-16(21)19-15-17(10-4-2-5-11-17)20-13-6-3-7-14-20;/h18H,2-15H2,1H3,(H,19,21);1H. The van der Waals surface area contributed by atoms with Crippen molar-refractivity contribution in [2.75, 3.05) is 33.2 Å². The Morgan fingerprint density at radius 2 is 1.68 bits per heavy atom. The van der Waals surface area contributed by atoms with Gasteiger partial charge >= 0.3 is 0 Å². The molecule has 0 radical (unpaired) electrons. The van der Waals surface area contributed by atoms with E-state index in [1.807, 2.05) is 7.05 Å². The van der Waals surface area contributed by atoms with E-state index in [1.165, 1.54) is 64.5 Å². The van der Waals surface area contributed by atoms with Crippen LogP contribution in [0.5, 0.6) is 0 Å². The second-order valence-corrected chi connectivity index (χ2v) is 6.82. The van der Waals surface area contributed by atoms with Crippen LogP contribution in [0.15, 0.2) is 0 Å². The predicted molar refractivity (Wildman–Crippen MR) is 94.7 cm³/mol. The Labute approximate surface area is 142 Å². The summed E-state index contributed by atoms with van der Waals surface area (Å²) in [6.07, 6.45) is 12.2. The van der Waals surface area contributed by atoms with Gasteiger partial charge in [-0.2, -0.15) is 0 Å². The summed E-state index contributed by atoms with van der Waals surface area (Å²) in [5.41, 5.74) is 0.261. The van der Waals surface area contributed by atoms with Gasteiger partial charge < -0.3 is 10.6 Å². The Kier molecular flexibility index (Phi) is 9.37. The number of piperidine rings is 1. The lowest BCUT2D eigenvalue weighted by atomic mass is 9.79. The zero-order chi connectivity index (χ0) is 15.0. The first-order chi connectivity index (χ1) is 10.3. The number of hydrogen-bond donors (Lipinski definition) is 2. The number of hydrogen-bond acceptors (Lipinski definition) is 3. The molecule has 2 N–H and O–H groups in total. The Morgan fingerprint density at radius 3 is 2.32 bits per heavy atom. The lowest BCUT2D eigenvalue weighted by Crippen LogP contribution is -2.58. The Balaban J connectivity index is 0.00000242. The predicted octanol–water partition coefficient (Wildman–Crippen LogP) is 2.71. The van der Waals surface area contributed by atoms with Crippen molar-refractivity contribution in [2.45, 2.75) is 69.7 Å². The SMILES string of the molecule is CNCCCC(=O)NCC1(N2CCCCC2)CCCCC1.Cl. The van der Waals surface area contributed by atoms with Crippen LogP contribution >= 0.6 is 12.4 Å². The van der Waals surface area contributed by atoms with E-state index >= 15 is 0 Å². The Bertz CT molecular complexity index is 313. The van der Waals surface area contributed by atoms with E-state index in [1.54, 1.807) is 0 Å². The van der Waals surface area contributed by atoms with Gasteiger partial charge in [-0.3, -0.25) is 9.69 Å². The maximum absolute atomic E-state index is 12.0. The van der Waals surface area contributed by atoms with Crippen molar-refractivity contribution in [3.05, 3.63) is 0 Å². The average molecular weight is 332 g/mol. The number of rotatable bonds is 7. The van der Waals surface area contributed by atoms with Crippen molar-refractivity contribution < 1.29 is 4.79 Å². The van der Waals surface area contributed by atoms with Gasteiger partial charge in [0, 0.05) is 18.5 Å². The van der Waals surface area contributed by atoms with E-state index in [9.17, 15) is 4.79 Å². The summed E-state index contributed by atoms with van der Waals surface area (Å²) in [7, 11) is 1.94. The molecule has 2 rings (SSSR count). The van der Waals surface area contributed by atoms with Gasteiger partial charge in [0.2, 0.25) is 5.91 Å². The van der Waals surface area contributed by atoms with Gasteiger partial charge in [-0.15, -0.1) is 12.4 Å². The molecule has 0 unspecified atom stereocenters. The molecule has 1 saturated heterocycles. The lowest BCUT2D eigenvalue weighted by molar-refractivity contribution is -0.122. The normalized spacial score (nSPS) is 21.9. The monoisotopic (exact) mass is 331 g/mol. The summed E-state index contributed by atoms with van der Waals surface area (Å²) in [6, 6.07) is 0. The van der Waals surface area contributed by atoms with Gasteiger partial charge in [0.25, 0.3) is 0 Å². The minimum atomic E-state index is 0. The maximum atomic E-state index is 12.0. The summed E-state index contributed by atoms with van der Waals surface area (Å²) in [5.74, 6) is 0.229. The number of carbonyl (C=O) groups is 1. The fourth-order valence-corrected chi connectivity index (χ4v) is 3.96. The van der Waals surface area contributed by atoms with Gasteiger partial charge in [0.15, 0.2) is 0 Å². The molecule has 4 nitrogen and oxygen atoms in total. The van der Waals surface area contributed by atoms with Crippen LogP contribution in [0.1, 0.15) is 64.2 Å². The highest BCUT2D eigenvalue weighted by molar-refractivity contribution is 5.85. The third-order valence-corrected chi connectivity index (χ3v) is 5.26. The first kappa shape index (κ1) is 19.7. The topological polar surface area (TPSA) is 44.4 Å². The molecule has 1 aliphatic heterocycles. The maximum Gasteiger partial charge on any atom is 0.220 e. The van der Waals surface area contributed by atoms with Crippen molar-refractivity contribution in [3.8, 4) is 0 Å². The van der Waals surface area contributed by atoms with E-state index in [0.29, 0.717) is 6.42 Å². The minimum absolute atomic E-state index is 0. The van der Waals surface area contributed by atoms with Crippen LogP contribution < -0.4 is 10.6 Å². The van der Waals surface area contributed by atoms with Crippen molar-refractivity contribution in [1.29, 1.82) is 0 Å². The molecule has 0 atom stereocenters. The molecule has 1 amide bonds.